The lowest BCUT2D eigenvalue weighted by atomic mass is 9.63. The highest BCUT2D eigenvalue weighted by molar-refractivity contribution is 14.1. The highest BCUT2D eigenvalue weighted by Crippen LogP contribution is 2.56. The van der Waals surface area contributed by atoms with E-state index in [0.717, 1.165) is 53.8 Å². The van der Waals surface area contributed by atoms with Crippen LogP contribution in [0.3, 0.4) is 0 Å². The summed E-state index contributed by atoms with van der Waals surface area (Å²) >= 11 is 2.13. The van der Waals surface area contributed by atoms with Crippen LogP contribution in [-0.2, 0) is 9.59 Å². The molecule has 0 unspecified atom stereocenters. The van der Waals surface area contributed by atoms with Crippen LogP contribution in [0.2, 0.25) is 0 Å². The van der Waals surface area contributed by atoms with E-state index < -0.39 is 5.92 Å². The van der Waals surface area contributed by atoms with Gasteiger partial charge in [0.25, 0.3) is 0 Å². The van der Waals surface area contributed by atoms with Gasteiger partial charge in [-0.3, -0.25) is 9.59 Å². The Morgan fingerprint density at radius 2 is 1.46 bits per heavy atom. The van der Waals surface area contributed by atoms with E-state index in [9.17, 15) is 14.7 Å². The van der Waals surface area contributed by atoms with Gasteiger partial charge in [0.05, 0.1) is 10.2 Å². The zero-order valence-electron chi connectivity index (χ0n) is 22.9. The molecule has 0 aromatic heterocycles. The largest absolute Gasteiger partial charge is 0.504 e. The fourth-order valence-corrected chi connectivity index (χ4v) is 7.76. The summed E-state index contributed by atoms with van der Waals surface area (Å²) in [6.45, 7) is 11.1. The monoisotopic (exact) mass is 617 g/mol. The molecule has 6 heteroatoms. The summed E-state index contributed by atoms with van der Waals surface area (Å²) in [4.78, 5) is 30.5. The molecule has 1 heterocycles. The highest BCUT2D eigenvalue weighted by Gasteiger charge is 2.50. The molecule has 200 valence electrons. The lowest BCUT2D eigenvalue weighted by molar-refractivity contribution is -0.119. The van der Waals surface area contributed by atoms with Crippen LogP contribution in [0, 0.1) is 14.4 Å². The number of ketones is 2. The first-order chi connectivity index (χ1) is 17.4. The average Bonchev–Trinajstić information content (AvgIpc) is 2.79. The first-order valence-corrected chi connectivity index (χ1v) is 15.0. The van der Waals surface area contributed by atoms with Gasteiger partial charge in [-0.2, -0.15) is 0 Å². The minimum absolute atomic E-state index is 0.112. The van der Waals surface area contributed by atoms with Crippen LogP contribution in [-0.4, -0.2) is 34.2 Å². The number of allylic oxidation sites excluding steroid dienone is 4. The number of benzene rings is 1. The zero-order chi connectivity index (χ0) is 26.7. The van der Waals surface area contributed by atoms with Gasteiger partial charge in [-0.1, -0.05) is 47.0 Å². The third-order valence-corrected chi connectivity index (χ3v) is 9.40. The number of Topliss-reactive ketones (excluding diaryl/α,β-unsaturated/α-hetero) is 2. The van der Waals surface area contributed by atoms with E-state index >= 15 is 0 Å². The van der Waals surface area contributed by atoms with E-state index in [1.54, 1.807) is 0 Å². The predicted molar refractivity (Wildman–Crippen MR) is 154 cm³/mol. The maximum absolute atomic E-state index is 14.0. The number of rotatable bonds is 4. The van der Waals surface area contributed by atoms with Crippen molar-refractivity contribution in [1.29, 1.82) is 0 Å². The van der Waals surface area contributed by atoms with Crippen molar-refractivity contribution >= 4 is 34.2 Å². The standard InChI is InChI=1S/C31H40INO4/c1-6-37-25-13-18(12-20(32)29(25)36)26-27-21(14-30(2,3)16-23(27)34)33(19-10-8-7-9-11-19)22-15-31(4,5)17-24(35)28(22)26/h12-13,19,26,36H,6-11,14-17H2,1-5H3. The summed E-state index contributed by atoms with van der Waals surface area (Å²) in [5, 5.41) is 10.7. The maximum Gasteiger partial charge on any atom is 0.171 e. The van der Waals surface area contributed by atoms with E-state index in [2.05, 4.69) is 55.2 Å². The van der Waals surface area contributed by atoms with E-state index in [0.29, 0.717) is 34.8 Å². The first-order valence-electron chi connectivity index (χ1n) is 13.9. The molecular formula is C31H40INO4. The van der Waals surface area contributed by atoms with Crippen molar-refractivity contribution in [2.75, 3.05) is 6.61 Å². The first kappa shape index (κ1) is 26.8. The minimum atomic E-state index is -0.412. The Balaban J connectivity index is 1.79. The van der Waals surface area contributed by atoms with Gasteiger partial charge in [0.15, 0.2) is 23.1 Å². The molecule has 0 radical (unpaired) electrons. The molecule has 4 aliphatic rings. The average molecular weight is 618 g/mol. The lowest BCUT2D eigenvalue weighted by Gasteiger charge is -2.52. The number of halogens is 1. The summed E-state index contributed by atoms with van der Waals surface area (Å²) in [6, 6.07) is 4.14. The molecule has 1 saturated carbocycles. The number of nitrogens with zero attached hydrogens (tertiary/aromatic N) is 1. The molecule has 37 heavy (non-hydrogen) atoms. The highest BCUT2D eigenvalue weighted by atomic mass is 127. The Kier molecular flexibility index (Phi) is 7.04. The summed E-state index contributed by atoms with van der Waals surface area (Å²) in [6.07, 6.45) is 8.48. The van der Waals surface area contributed by atoms with Crippen LogP contribution < -0.4 is 4.74 Å². The number of phenolic OH excluding ortho intramolecular Hbond substituents is 1. The normalized spacial score (nSPS) is 24.3. The maximum atomic E-state index is 14.0. The Labute approximate surface area is 234 Å². The van der Waals surface area contributed by atoms with E-state index in [-0.39, 0.29) is 28.1 Å². The van der Waals surface area contributed by atoms with Gasteiger partial charge in [-0.15, -0.1) is 0 Å². The van der Waals surface area contributed by atoms with Crippen LogP contribution in [0.1, 0.15) is 104 Å². The molecule has 0 amide bonds. The molecule has 3 aliphatic carbocycles. The molecule has 0 spiro atoms. The van der Waals surface area contributed by atoms with Crippen molar-refractivity contribution in [3.63, 3.8) is 0 Å². The number of ether oxygens (including phenoxy) is 1. The lowest BCUT2D eigenvalue weighted by Crippen LogP contribution is -2.48. The third kappa shape index (κ3) is 4.87. The van der Waals surface area contributed by atoms with Gasteiger partial charge in [0.1, 0.15) is 0 Å². The molecule has 5 nitrogen and oxygen atoms in total. The van der Waals surface area contributed by atoms with Crippen LogP contribution in [0.25, 0.3) is 0 Å². The van der Waals surface area contributed by atoms with Crippen molar-refractivity contribution < 1.29 is 19.4 Å². The fraction of sp³-hybridized carbons (Fsp3) is 0.613. The fourth-order valence-electron chi connectivity index (χ4n) is 7.14. The minimum Gasteiger partial charge on any atom is -0.504 e. The molecule has 0 atom stereocenters. The van der Waals surface area contributed by atoms with Gasteiger partial charge >= 0.3 is 0 Å². The Morgan fingerprint density at radius 1 is 0.919 bits per heavy atom. The zero-order valence-corrected chi connectivity index (χ0v) is 25.0. The van der Waals surface area contributed by atoms with Gasteiger partial charge in [0, 0.05) is 47.3 Å². The van der Waals surface area contributed by atoms with Crippen molar-refractivity contribution in [2.24, 2.45) is 10.8 Å². The van der Waals surface area contributed by atoms with Crippen molar-refractivity contribution in [1.82, 2.24) is 4.90 Å². The summed E-state index contributed by atoms with van der Waals surface area (Å²) in [5.41, 5.74) is 4.52. The summed E-state index contributed by atoms with van der Waals surface area (Å²) in [7, 11) is 0. The molecule has 1 aliphatic heterocycles. The van der Waals surface area contributed by atoms with E-state index in [4.69, 9.17) is 4.74 Å². The van der Waals surface area contributed by atoms with Crippen LogP contribution >= 0.6 is 22.6 Å². The molecule has 1 fully saturated rings. The Bertz CT molecular complexity index is 1150. The number of aromatic hydroxyl groups is 1. The number of carbonyl (C=O) groups excluding carboxylic acids is 2. The topological polar surface area (TPSA) is 66.8 Å². The second-order valence-electron chi connectivity index (χ2n) is 13.0. The van der Waals surface area contributed by atoms with Crippen LogP contribution in [0.15, 0.2) is 34.7 Å². The molecule has 0 saturated heterocycles. The van der Waals surface area contributed by atoms with Crippen molar-refractivity contribution in [3.8, 4) is 11.5 Å². The quantitative estimate of drug-likeness (QED) is 0.357. The van der Waals surface area contributed by atoms with E-state index in [1.807, 2.05) is 19.1 Å². The van der Waals surface area contributed by atoms with Crippen molar-refractivity contribution in [3.05, 3.63) is 43.8 Å². The molecule has 1 N–H and O–H groups in total. The van der Waals surface area contributed by atoms with Crippen molar-refractivity contribution in [2.45, 2.75) is 104 Å². The van der Waals surface area contributed by atoms with Crippen LogP contribution in [0.4, 0.5) is 0 Å². The second kappa shape index (κ2) is 9.73. The molecule has 0 bridgehead atoms. The molecule has 5 rings (SSSR count). The van der Waals surface area contributed by atoms with Crippen LogP contribution in [0.5, 0.6) is 11.5 Å². The van der Waals surface area contributed by atoms with Gasteiger partial charge < -0.3 is 14.7 Å². The number of phenols is 1. The molecular weight excluding hydrogens is 577 g/mol. The van der Waals surface area contributed by atoms with Gasteiger partial charge in [0.2, 0.25) is 0 Å². The Hall–Kier alpha value is -1.83. The second-order valence-corrected chi connectivity index (χ2v) is 14.1. The number of carbonyl (C=O) groups is 2. The van der Waals surface area contributed by atoms with Gasteiger partial charge in [-0.05, 0) is 83.7 Å². The SMILES string of the molecule is CCOc1cc(C2C3=C(CC(C)(C)CC3=O)N(C3CCCCC3)C3=C2C(=O)CC(C)(C)C3)cc(I)c1O. The van der Waals surface area contributed by atoms with Gasteiger partial charge in [-0.25, -0.2) is 0 Å². The molecule has 1 aromatic rings. The predicted octanol–water partition coefficient (Wildman–Crippen LogP) is 7.41. The summed E-state index contributed by atoms with van der Waals surface area (Å²) < 4.78 is 6.46. The number of hydrogen-bond acceptors (Lipinski definition) is 5. The Morgan fingerprint density at radius 3 is 1.97 bits per heavy atom. The molecule has 1 aromatic carbocycles. The smallest absolute Gasteiger partial charge is 0.171 e. The third-order valence-electron chi connectivity index (χ3n) is 8.58. The number of hydrogen-bond donors (Lipinski definition) is 1. The summed E-state index contributed by atoms with van der Waals surface area (Å²) in [5.74, 6) is 0.423. The van der Waals surface area contributed by atoms with E-state index in [1.165, 1.54) is 19.3 Å².